The standard InChI is InChI=1S/2C30H30N2O4.C27H24N2O4/c1-31(23-9-3-4-10-23)29(33)22-16-14-21(15-17-22)27-25-12-5-6-13-26(25)32(28(27)30(34)35)19-20-8-7-11-24(18-20)36-2;1-36-24-11-7-8-20(18-24)19-32-26-13-6-5-12-25(26)27(28(32)30(34)35)21-14-16-22(17-15-21)29(33)31-23-9-3-2-4-10-23;1-33-21-9-4-6-17(14-21)16-29-23-11-3-2-10-22(23)24(25(29)27(31)32)18-7-5-8-19(15-18)26(30)28-20-12-13-20/h5-8,11-18,23H,3-4,9-10,19H2,1-2H3,(H,34,35);5-8,11-18,23H,2-4,9-10,19H2,1H3,(H,31,33)(H,34,35);2-11,14-15,20H,12-13,16H2,1H3,(H,28,30)(H,31,32). The molecule has 3 fully saturated rings. The van der Waals surface area contributed by atoms with Crippen LogP contribution in [0.4, 0.5) is 0 Å². The number of aromatic carboxylic acids is 3. The molecule has 9 aromatic carbocycles. The van der Waals surface area contributed by atoms with Crippen LogP contribution >= 0.6 is 0 Å². The monoisotopic (exact) mass is 1400 g/mol. The summed E-state index contributed by atoms with van der Waals surface area (Å²) in [5, 5.41) is 39.6. The third-order valence-corrected chi connectivity index (χ3v) is 20.3. The van der Waals surface area contributed by atoms with Crippen LogP contribution in [-0.2, 0) is 19.6 Å². The zero-order chi connectivity index (χ0) is 73.3. The van der Waals surface area contributed by atoms with E-state index in [0.717, 1.165) is 129 Å². The molecule has 0 radical (unpaired) electrons. The molecule has 12 aromatic rings. The van der Waals surface area contributed by atoms with Crippen LogP contribution in [0.5, 0.6) is 17.2 Å². The molecular formula is C87H84N6O12. The van der Waals surface area contributed by atoms with Crippen molar-refractivity contribution in [3.05, 3.63) is 269 Å². The molecule has 0 spiro atoms. The number of aromatic nitrogens is 3. The molecule has 534 valence electrons. The summed E-state index contributed by atoms with van der Waals surface area (Å²) in [5.74, 6) is -1.04. The summed E-state index contributed by atoms with van der Waals surface area (Å²) in [6, 6.07) is 68.6. The van der Waals surface area contributed by atoms with Crippen molar-refractivity contribution in [3.8, 4) is 50.6 Å². The van der Waals surface area contributed by atoms with Crippen LogP contribution in [0.25, 0.3) is 66.1 Å². The number of ether oxygens (including phenoxy) is 3. The Kier molecular flexibility index (Phi) is 21.7. The van der Waals surface area contributed by atoms with Crippen LogP contribution < -0.4 is 24.8 Å². The molecule has 0 bridgehead atoms. The van der Waals surface area contributed by atoms with Gasteiger partial charge in [-0.1, -0.05) is 159 Å². The highest BCUT2D eigenvalue weighted by Crippen LogP contribution is 2.40. The van der Waals surface area contributed by atoms with Gasteiger partial charge < -0.3 is 58.8 Å². The number of amides is 3. The van der Waals surface area contributed by atoms with Crippen molar-refractivity contribution in [2.45, 2.75) is 108 Å². The molecule has 3 heterocycles. The first-order chi connectivity index (χ1) is 51.1. The van der Waals surface area contributed by atoms with Crippen LogP contribution in [-0.4, -0.2) is 116 Å². The summed E-state index contributed by atoms with van der Waals surface area (Å²) in [6.07, 6.45) is 12.0. The van der Waals surface area contributed by atoms with Crippen molar-refractivity contribution in [2.75, 3.05) is 28.4 Å². The number of methoxy groups -OCH3 is 3. The van der Waals surface area contributed by atoms with E-state index < -0.39 is 17.9 Å². The number of carbonyl (C=O) groups is 6. The molecule has 3 saturated carbocycles. The molecule has 3 aliphatic carbocycles. The maximum Gasteiger partial charge on any atom is 0.353 e. The summed E-state index contributed by atoms with van der Waals surface area (Å²) in [4.78, 5) is 78.0. The zero-order valence-electron chi connectivity index (χ0n) is 59.2. The molecule has 3 aromatic heterocycles. The van der Waals surface area contributed by atoms with E-state index in [-0.39, 0.29) is 46.9 Å². The fourth-order valence-electron chi connectivity index (χ4n) is 14.9. The summed E-state index contributed by atoms with van der Waals surface area (Å²) in [6.45, 7) is 1.16. The first-order valence-corrected chi connectivity index (χ1v) is 35.7. The number of nitrogens with zero attached hydrogens (tertiary/aromatic N) is 4. The topological polar surface area (TPSA) is 233 Å². The van der Waals surface area contributed by atoms with Gasteiger partial charge in [-0.25, -0.2) is 14.4 Å². The van der Waals surface area contributed by atoms with Gasteiger partial charge in [0.2, 0.25) is 0 Å². The van der Waals surface area contributed by atoms with Crippen molar-refractivity contribution >= 4 is 68.3 Å². The van der Waals surface area contributed by atoms with E-state index in [0.29, 0.717) is 64.6 Å². The Morgan fingerprint density at radius 1 is 0.381 bits per heavy atom. The summed E-state index contributed by atoms with van der Waals surface area (Å²) in [5.41, 5.74) is 11.9. The maximum absolute atomic E-state index is 13.0. The Hall–Kier alpha value is -12.2. The predicted octanol–water partition coefficient (Wildman–Crippen LogP) is 17.2. The molecule has 18 nitrogen and oxygen atoms in total. The van der Waals surface area contributed by atoms with Gasteiger partial charge in [0.25, 0.3) is 17.7 Å². The maximum atomic E-state index is 13.0. The second-order valence-corrected chi connectivity index (χ2v) is 27.1. The minimum absolute atomic E-state index is 0.00682. The predicted molar refractivity (Wildman–Crippen MR) is 408 cm³/mol. The average Bonchev–Trinajstić information content (AvgIpc) is 1.61. The Balaban J connectivity index is 0.000000140. The minimum atomic E-state index is -1.02. The van der Waals surface area contributed by atoms with E-state index in [1.807, 2.05) is 214 Å². The third-order valence-electron chi connectivity index (χ3n) is 20.3. The lowest BCUT2D eigenvalue weighted by Gasteiger charge is -2.24. The van der Waals surface area contributed by atoms with E-state index in [9.17, 15) is 44.1 Å². The van der Waals surface area contributed by atoms with Gasteiger partial charge >= 0.3 is 17.9 Å². The molecule has 15 rings (SSSR count). The van der Waals surface area contributed by atoms with Gasteiger partial charge in [-0.2, -0.15) is 0 Å². The number of carboxylic acid groups (broad SMARTS) is 3. The van der Waals surface area contributed by atoms with Gasteiger partial charge in [0, 0.05) is 111 Å². The summed E-state index contributed by atoms with van der Waals surface area (Å²) in [7, 11) is 6.72. The highest BCUT2D eigenvalue weighted by atomic mass is 16.5. The largest absolute Gasteiger partial charge is 0.497 e. The summed E-state index contributed by atoms with van der Waals surface area (Å²) >= 11 is 0. The number of fused-ring (bicyclic) bond motifs is 3. The molecule has 5 N–H and O–H groups in total. The number of hydrogen-bond donors (Lipinski definition) is 5. The van der Waals surface area contributed by atoms with E-state index in [1.165, 1.54) is 19.3 Å². The molecular weight excluding hydrogens is 1320 g/mol. The van der Waals surface area contributed by atoms with Crippen LogP contribution in [0.1, 0.15) is 150 Å². The Bertz CT molecular complexity index is 5210. The van der Waals surface area contributed by atoms with Gasteiger partial charge in [0.05, 0.1) is 21.3 Å². The second-order valence-electron chi connectivity index (χ2n) is 27.1. The van der Waals surface area contributed by atoms with E-state index in [1.54, 1.807) is 51.7 Å². The van der Waals surface area contributed by atoms with Crippen molar-refractivity contribution < 1.29 is 58.3 Å². The number of carbonyl (C=O) groups excluding carboxylic acids is 3. The SMILES string of the molecule is COc1cccc(Cn2c(C(=O)O)c(-c3ccc(C(=O)N(C)C4CCCC4)cc3)c3ccccc32)c1.COc1cccc(Cn2c(C(=O)O)c(-c3ccc(C(=O)NC4CCCCC4)cc3)c3ccccc32)c1.COc1cccc(Cn2c(C(=O)O)c(-c3cccc(C(=O)NC4CC4)c3)c3ccccc32)c1. The lowest BCUT2D eigenvalue weighted by atomic mass is 9.95. The molecule has 0 atom stereocenters. The number of para-hydroxylation sites is 3. The number of rotatable bonds is 21. The lowest BCUT2D eigenvalue weighted by molar-refractivity contribution is 0.0676. The van der Waals surface area contributed by atoms with Gasteiger partial charge in [0.1, 0.15) is 34.3 Å². The fraction of sp³-hybridized carbons (Fsp3) is 0.241. The fourth-order valence-corrected chi connectivity index (χ4v) is 14.9. The van der Waals surface area contributed by atoms with E-state index in [2.05, 4.69) is 10.6 Å². The Morgan fingerprint density at radius 3 is 1.14 bits per heavy atom. The summed E-state index contributed by atoms with van der Waals surface area (Å²) < 4.78 is 21.5. The molecule has 0 saturated heterocycles. The highest BCUT2D eigenvalue weighted by molar-refractivity contribution is 6.11. The second kappa shape index (κ2) is 32.0. The quantitative estimate of drug-likeness (QED) is 0.0452. The Labute approximate surface area is 609 Å². The highest BCUT2D eigenvalue weighted by Gasteiger charge is 2.30. The van der Waals surface area contributed by atoms with Crippen molar-refractivity contribution in [2.24, 2.45) is 0 Å². The lowest BCUT2D eigenvalue weighted by Crippen LogP contribution is -2.36. The number of benzene rings is 9. The van der Waals surface area contributed by atoms with Crippen LogP contribution in [0.2, 0.25) is 0 Å². The third kappa shape index (κ3) is 15.8. The van der Waals surface area contributed by atoms with Gasteiger partial charge in [-0.05, 0) is 163 Å². The van der Waals surface area contributed by atoms with Crippen molar-refractivity contribution in [1.82, 2.24) is 29.2 Å². The van der Waals surface area contributed by atoms with Gasteiger partial charge in [0.15, 0.2) is 0 Å². The van der Waals surface area contributed by atoms with Crippen LogP contribution in [0.15, 0.2) is 218 Å². The first-order valence-electron chi connectivity index (χ1n) is 35.7. The molecule has 18 heteroatoms. The normalized spacial score (nSPS) is 13.6. The number of nitrogens with one attached hydrogen (secondary N) is 2. The van der Waals surface area contributed by atoms with E-state index >= 15 is 0 Å². The van der Waals surface area contributed by atoms with Gasteiger partial charge in [-0.3, -0.25) is 14.4 Å². The smallest absolute Gasteiger partial charge is 0.353 e. The zero-order valence-corrected chi connectivity index (χ0v) is 59.2. The average molecular weight is 1410 g/mol. The minimum Gasteiger partial charge on any atom is -0.497 e. The van der Waals surface area contributed by atoms with E-state index in [4.69, 9.17) is 14.2 Å². The molecule has 0 unspecified atom stereocenters. The van der Waals surface area contributed by atoms with Crippen molar-refractivity contribution in [3.63, 3.8) is 0 Å². The molecule has 3 aliphatic rings. The van der Waals surface area contributed by atoms with Crippen LogP contribution in [0.3, 0.4) is 0 Å². The molecule has 105 heavy (non-hydrogen) atoms. The molecule has 3 amide bonds. The first kappa shape index (κ1) is 71.2. The Morgan fingerprint density at radius 2 is 0.743 bits per heavy atom. The molecule has 0 aliphatic heterocycles. The van der Waals surface area contributed by atoms with Crippen molar-refractivity contribution in [1.29, 1.82) is 0 Å². The van der Waals surface area contributed by atoms with Gasteiger partial charge in [-0.15, -0.1) is 0 Å². The van der Waals surface area contributed by atoms with Crippen LogP contribution in [0, 0.1) is 0 Å². The number of carboxylic acids is 3. The number of hydrogen-bond acceptors (Lipinski definition) is 9.